The number of imidazole rings is 1. The molecule has 4 bridgehead atoms. The fraction of sp³-hybridized carbons (Fsp3) is 0.579. The van der Waals surface area contributed by atoms with Gasteiger partial charge in [-0.3, -0.25) is 9.55 Å². The Balaban J connectivity index is 1.58. The van der Waals surface area contributed by atoms with E-state index in [0.717, 1.165) is 47.5 Å². The standard InChI is InChI=1S/C19H22N4O/c20-19-6-10-4-11(7-19)16(12(5-10)8-19)23-17-13-2-1-3-14(13)21-9-15(17)22-18(23)24/h1-2,9-12,16H,3-8,20H2,(H,22,24). The number of aromatic amines is 1. The average molecular weight is 322 g/mol. The summed E-state index contributed by atoms with van der Waals surface area (Å²) in [6.45, 7) is 0. The summed E-state index contributed by atoms with van der Waals surface area (Å²) in [6.07, 6.45) is 12.8. The van der Waals surface area contributed by atoms with Crippen molar-refractivity contribution < 1.29 is 0 Å². The first kappa shape index (κ1) is 13.4. The fourth-order valence-corrected chi connectivity index (χ4v) is 6.58. The lowest BCUT2D eigenvalue weighted by atomic mass is 9.51. The number of nitrogens with two attached hydrogens (primary N) is 1. The van der Waals surface area contributed by atoms with E-state index in [1.165, 1.54) is 19.3 Å². The number of allylic oxidation sites excluding steroid dienone is 1. The fourth-order valence-electron chi connectivity index (χ4n) is 6.58. The van der Waals surface area contributed by atoms with Crippen LogP contribution in [0.15, 0.2) is 17.1 Å². The summed E-state index contributed by atoms with van der Waals surface area (Å²) in [7, 11) is 0. The first-order chi connectivity index (χ1) is 11.6. The molecule has 2 aromatic heterocycles. The van der Waals surface area contributed by atoms with Gasteiger partial charge in [0.15, 0.2) is 0 Å². The van der Waals surface area contributed by atoms with Gasteiger partial charge in [-0.1, -0.05) is 12.2 Å². The van der Waals surface area contributed by atoms with Crippen LogP contribution in [0.5, 0.6) is 0 Å². The van der Waals surface area contributed by atoms with Crippen LogP contribution in [0.4, 0.5) is 0 Å². The van der Waals surface area contributed by atoms with Crippen molar-refractivity contribution in [3.63, 3.8) is 0 Å². The van der Waals surface area contributed by atoms with Gasteiger partial charge >= 0.3 is 5.69 Å². The Kier molecular flexibility index (Phi) is 2.35. The average Bonchev–Trinajstić information content (AvgIpc) is 3.09. The van der Waals surface area contributed by atoms with E-state index >= 15 is 0 Å². The van der Waals surface area contributed by atoms with Gasteiger partial charge in [-0.25, -0.2) is 4.79 Å². The van der Waals surface area contributed by atoms with E-state index in [4.69, 9.17) is 5.73 Å². The molecule has 2 atom stereocenters. The van der Waals surface area contributed by atoms with E-state index in [2.05, 4.69) is 26.7 Å². The molecule has 0 aromatic carbocycles. The molecule has 124 valence electrons. The molecule has 3 N–H and O–H groups in total. The molecule has 4 saturated carbocycles. The maximum absolute atomic E-state index is 12.9. The van der Waals surface area contributed by atoms with Gasteiger partial charge in [0.25, 0.3) is 0 Å². The SMILES string of the molecule is NC12CC3CC(C1)C(n1c(=O)[nH]c4cnc5c(c41)C=CC5)C(C3)C2. The van der Waals surface area contributed by atoms with Crippen LogP contribution in [0.2, 0.25) is 0 Å². The van der Waals surface area contributed by atoms with Crippen molar-refractivity contribution in [2.45, 2.75) is 50.1 Å². The number of aromatic nitrogens is 3. The van der Waals surface area contributed by atoms with Crippen LogP contribution in [0.1, 0.15) is 49.4 Å². The minimum Gasteiger partial charge on any atom is -0.325 e. The molecule has 5 aliphatic rings. The second-order valence-corrected chi connectivity index (χ2v) is 8.61. The van der Waals surface area contributed by atoms with E-state index in [1.807, 2.05) is 6.20 Å². The third-order valence-corrected chi connectivity index (χ3v) is 7.04. The molecule has 2 heterocycles. The summed E-state index contributed by atoms with van der Waals surface area (Å²) >= 11 is 0. The van der Waals surface area contributed by atoms with Crippen LogP contribution in [-0.2, 0) is 6.42 Å². The number of rotatable bonds is 1. The number of nitrogens with one attached hydrogen (secondary N) is 1. The highest BCUT2D eigenvalue weighted by atomic mass is 16.1. The number of hydrogen-bond acceptors (Lipinski definition) is 3. The van der Waals surface area contributed by atoms with Crippen LogP contribution in [0, 0.1) is 17.8 Å². The second-order valence-electron chi connectivity index (χ2n) is 8.61. The van der Waals surface area contributed by atoms with Crippen LogP contribution in [0.3, 0.4) is 0 Å². The molecule has 7 rings (SSSR count). The Bertz CT molecular complexity index is 936. The van der Waals surface area contributed by atoms with Crippen molar-refractivity contribution in [2.24, 2.45) is 23.5 Å². The van der Waals surface area contributed by atoms with Crippen LogP contribution >= 0.6 is 0 Å². The minimum absolute atomic E-state index is 0.0315. The van der Waals surface area contributed by atoms with Crippen molar-refractivity contribution in [3.05, 3.63) is 34.0 Å². The van der Waals surface area contributed by atoms with Gasteiger partial charge in [-0.05, 0) is 49.9 Å². The Hall–Kier alpha value is -1.88. The predicted octanol–water partition coefficient (Wildman–Crippen LogP) is 2.37. The molecular weight excluding hydrogens is 300 g/mol. The van der Waals surface area contributed by atoms with Crippen LogP contribution in [-0.4, -0.2) is 20.1 Å². The molecule has 0 spiro atoms. The molecule has 5 nitrogen and oxygen atoms in total. The third kappa shape index (κ3) is 1.59. The number of fused-ring (bicyclic) bond motifs is 3. The number of nitrogens with zero attached hydrogens (tertiary/aromatic N) is 2. The predicted molar refractivity (Wildman–Crippen MR) is 92.6 cm³/mol. The van der Waals surface area contributed by atoms with Crippen molar-refractivity contribution in [2.75, 3.05) is 0 Å². The first-order valence-electron chi connectivity index (χ1n) is 9.19. The highest BCUT2D eigenvalue weighted by Gasteiger charge is 2.54. The zero-order valence-electron chi connectivity index (χ0n) is 13.7. The Morgan fingerprint density at radius 3 is 2.79 bits per heavy atom. The molecule has 0 amide bonds. The van der Waals surface area contributed by atoms with Crippen molar-refractivity contribution in [1.82, 2.24) is 14.5 Å². The minimum atomic E-state index is 0.0315. The van der Waals surface area contributed by atoms with Gasteiger partial charge < -0.3 is 10.7 Å². The molecule has 0 saturated heterocycles. The van der Waals surface area contributed by atoms with E-state index < -0.39 is 0 Å². The van der Waals surface area contributed by atoms with E-state index in [1.54, 1.807) is 0 Å². The molecule has 2 aromatic rings. The van der Waals surface area contributed by atoms with Gasteiger partial charge in [0.1, 0.15) is 0 Å². The van der Waals surface area contributed by atoms with E-state index in [-0.39, 0.29) is 11.2 Å². The molecule has 0 aliphatic heterocycles. The molecule has 0 radical (unpaired) electrons. The normalized spacial score (nSPS) is 39.0. The Labute approximate surface area is 140 Å². The zero-order valence-corrected chi connectivity index (χ0v) is 13.7. The molecule has 2 unspecified atom stereocenters. The smallest absolute Gasteiger partial charge is 0.325 e. The summed E-state index contributed by atoms with van der Waals surface area (Å²) in [4.78, 5) is 20.4. The largest absolute Gasteiger partial charge is 0.326 e. The lowest BCUT2D eigenvalue weighted by Gasteiger charge is -2.58. The summed E-state index contributed by atoms with van der Waals surface area (Å²) in [5.41, 5.74) is 10.9. The van der Waals surface area contributed by atoms with Crippen molar-refractivity contribution in [1.29, 1.82) is 0 Å². The maximum atomic E-state index is 12.9. The molecule has 4 fully saturated rings. The molecule has 24 heavy (non-hydrogen) atoms. The highest BCUT2D eigenvalue weighted by molar-refractivity contribution is 5.87. The van der Waals surface area contributed by atoms with Gasteiger partial charge in [0.05, 0.1) is 22.9 Å². The lowest BCUT2D eigenvalue weighted by molar-refractivity contribution is -0.0439. The highest BCUT2D eigenvalue weighted by Crippen LogP contribution is 2.59. The van der Waals surface area contributed by atoms with Gasteiger partial charge in [0, 0.05) is 23.6 Å². The lowest BCUT2D eigenvalue weighted by Crippen LogP contribution is -2.60. The molecular formula is C19H22N4O. The summed E-state index contributed by atoms with van der Waals surface area (Å²) in [5.74, 6) is 1.87. The topological polar surface area (TPSA) is 76.7 Å². The zero-order chi connectivity index (χ0) is 16.1. The molecule has 5 heteroatoms. The maximum Gasteiger partial charge on any atom is 0.326 e. The summed E-state index contributed by atoms with van der Waals surface area (Å²) in [5, 5.41) is 0. The van der Waals surface area contributed by atoms with Crippen LogP contribution < -0.4 is 11.4 Å². The first-order valence-corrected chi connectivity index (χ1v) is 9.19. The van der Waals surface area contributed by atoms with Gasteiger partial charge in [0.2, 0.25) is 0 Å². The Morgan fingerprint density at radius 1 is 1.25 bits per heavy atom. The number of hydrogen-bond donors (Lipinski definition) is 2. The molecule has 5 aliphatic carbocycles. The third-order valence-electron chi connectivity index (χ3n) is 7.04. The van der Waals surface area contributed by atoms with E-state index in [0.29, 0.717) is 17.9 Å². The summed E-state index contributed by atoms with van der Waals surface area (Å²) < 4.78 is 2.09. The van der Waals surface area contributed by atoms with Gasteiger partial charge in [-0.2, -0.15) is 0 Å². The number of H-pyrrole nitrogens is 1. The van der Waals surface area contributed by atoms with E-state index in [9.17, 15) is 4.79 Å². The monoisotopic (exact) mass is 322 g/mol. The van der Waals surface area contributed by atoms with Crippen LogP contribution in [0.25, 0.3) is 17.1 Å². The van der Waals surface area contributed by atoms with Crippen molar-refractivity contribution in [3.8, 4) is 0 Å². The Morgan fingerprint density at radius 2 is 2.04 bits per heavy atom. The van der Waals surface area contributed by atoms with Gasteiger partial charge in [-0.15, -0.1) is 0 Å². The quantitative estimate of drug-likeness (QED) is 0.846. The second kappa shape index (κ2) is 4.20. The number of pyridine rings is 1. The summed E-state index contributed by atoms with van der Waals surface area (Å²) in [6, 6.07) is 0.306. The van der Waals surface area contributed by atoms with Crippen molar-refractivity contribution >= 4 is 17.1 Å².